The summed E-state index contributed by atoms with van der Waals surface area (Å²) >= 11 is 0. The Bertz CT molecular complexity index is 3870. The van der Waals surface area contributed by atoms with Crippen LogP contribution in [0, 0.1) is 0 Å². The lowest BCUT2D eigenvalue weighted by Crippen LogP contribution is -2.28. The third-order valence-electron chi connectivity index (χ3n) is 15.5. The zero-order chi connectivity index (χ0) is 47.6. The van der Waals surface area contributed by atoms with E-state index in [0.29, 0.717) is 0 Å². The van der Waals surface area contributed by atoms with Crippen LogP contribution in [0.15, 0.2) is 290 Å². The maximum absolute atomic E-state index is 5.82. The minimum Gasteiger partial charge on any atom is -0.464 e. The molecule has 12 aromatic rings. The van der Waals surface area contributed by atoms with Gasteiger partial charge in [0.2, 0.25) is 0 Å². The third kappa shape index (κ3) is 6.29. The molecular weight excluding hydrogens is 871 g/mol. The maximum atomic E-state index is 5.82. The number of hydrogen-bond donors (Lipinski definition) is 0. The number of furan rings is 1. The Morgan fingerprint density at radius 1 is 0.264 bits per heavy atom. The molecule has 0 radical (unpaired) electrons. The molecule has 14 rings (SSSR count). The summed E-state index contributed by atoms with van der Waals surface area (Å²) in [6.45, 7) is 0. The number of fused-ring (bicyclic) bond motifs is 7. The van der Waals surface area contributed by atoms with E-state index < -0.39 is 10.8 Å². The molecule has 0 spiro atoms. The first-order valence-corrected chi connectivity index (χ1v) is 24.9. The Morgan fingerprint density at radius 3 is 1.14 bits per heavy atom. The first kappa shape index (κ1) is 41.7. The zero-order valence-electron chi connectivity index (χ0n) is 39.5. The van der Waals surface area contributed by atoms with Crippen LogP contribution in [0.2, 0.25) is 0 Å². The highest BCUT2D eigenvalue weighted by Crippen LogP contribution is 2.59. The lowest BCUT2D eigenvalue weighted by Gasteiger charge is -2.35. The van der Waals surface area contributed by atoms with Gasteiger partial charge in [-0.25, -0.2) is 0 Å². The fraction of sp³-hybridized carbons (Fsp3) is 0.0286. The number of benzene rings is 11. The van der Waals surface area contributed by atoms with Gasteiger partial charge in [0.25, 0.3) is 0 Å². The van der Waals surface area contributed by atoms with Crippen molar-refractivity contribution in [2.75, 3.05) is 4.90 Å². The van der Waals surface area contributed by atoms with E-state index in [-0.39, 0.29) is 0 Å². The highest BCUT2D eigenvalue weighted by Gasteiger charge is 2.47. The summed E-state index contributed by atoms with van der Waals surface area (Å²) in [4.78, 5) is 2.42. The second-order valence-electron chi connectivity index (χ2n) is 19.1. The quantitative estimate of drug-likeness (QED) is 0.143. The Kier molecular flexibility index (Phi) is 9.69. The summed E-state index contributed by atoms with van der Waals surface area (Å²) in [7, 11) is 0. The van der Waals surface area contributed by atoms with Crippen LogP contribution in [-0.4, -0.2) is 0 Å². The maximum Gasteiger partial charge on any atom is 0.134 e. The van der Waals surface area contributed by atoms with Gasteiger partial charge in [0, 0.05) is 22.4 Å². The van der Waals surface area contributed by atoms with Crippen LogP contribution in [0.5, 0.6) is 0 Å². The van der Waals surface area contributed by atoms with Crippen molar-refractivity contribution in [3.63, 3.8) is 0 Å². The van der Waals surface area contributed by atoms with Gasteiger partial charge in [-0.05, 0) is 144 Å². The Hall–Kier alpha value is -9.24. The molecule has 0 unspecified atom stereocenters. The van der Waals surface area contributed by atoms with E-state index in [2.05, 4.69) is 278 Å². The van der Waals surface area contributed by atoms with E-state index in [1.807, 2.05) is 6.07 Å². The smallest absolute Gasteiger partial charge is 0.134 e. The average molecular weight is 918 g/mol. The van der Waals surface area contributed by atoms with Crippen molar-refractivity contribution in [2.24, 2.45) is 0 Å². The van der Waals surface area contributed by atoms with Crippen LogP contribution in [0.3, 0.4) is 0 Å². The van der Waals surface area contributed by atoms with Gasteiger partial charge in [-0.2, -0.15) is 0 Å². The standard InChI is InChI=1S/C70H47NO/c1-5-17-53(18-6-1)69(54-19-7-2-8-20-54)64-27-15-13-25-60(64)62-41-35-51(45-66(62)69)48-31-36-57(37-32-48)71(58-38-33-49(34-39-58)52-30-29-50-43-44-72-68(50)46-52)59-40-42-63-61-26-14-16-28-65(61)70(67(63)47-59,55-21-9-3-10-22-55)56-23-11-4-12-24-56/h1-47H. The molecular formula is C70H47NO. The van der Waals surface area contributed by atoms with Crippen molar-refractivity contribution in [3.8, 4) is 44.5 Å². The van der Waals surface area contributed by atoms with Crippen molar-refractivity contribution in [3.05, 3.63) is 330 Å². The molecule has 0 fully saturated rings. The molecule has 2 aliphatic rings. The van der Waals surface area contributed by atoms with Crippen LogP contribution in [-0.2, 0) is 10.8 Å². The van der Waals surface area contributed by atoms with Gasteiger partial charge in [0.05, 0.1) is 17.1 Å². The van der Waals surface area contributed by atoms with E-state index in [9.17, 15) is 0 Å². The van der Waals surface area contributed by atoms with Gasteiger partial charge in [0.1, 0.15) is 5.58 Å². The second kappa shape index (κ2) is 16.7. The fourth-order valence-electron chi connectivity index (χ4n) is 12.4. The summed E-state index contributed by atoms with van der Waals surface area (Å²) in [5.41, 5.74) is 23.0. The molecule has 338 valence electrons. The Morgan fingerprint density at radius 2 is 0.639 bits per heavy atom. The van der Waals surface area contributed by atoms with Gasteiger partial charge in [-0.3, -0.25) is 0 Å². The van der Waals surface area contributed by atoms with Crippen molar-refractivity contribution >= 4 is 28.0 Å². The Labute approximate surface area is 420 Å². The van der Waals surface area contributed by atoms with Crippen molar-refractivity contribution in [1.29, 1.82) is 0 Å². The molecule has 11 aromatic carbocycles. The molecule has 2 nitrogen and oxygen atoms in total. The molecule has 2 aliphatic carbocycles. The largest absolute Gasteiger partial charge is 0.464 e. The van der Waals surface area contributed by atoms with Gasteiger partial charge >= 0.3 is 0 Å². The minimum absolute atomic E-state index is 0.473. The predicted molar refractivity (Wildman–Crippen MR) is 296 cm³/mol. The fourth-order valence-corrected chi connectivity index (χ4v) is 12.4. The topological polar surface area (TPSA) is 16.4 Å². The van der Waals surface area contributed by atoms with Crippen LogP contribution in [0.4, 0.5) is 17.1 Å². The lowest BCUT2D eigenvalue weighted by molar-refractivity contribution is 0.616. The molecule has 0 aliphatic heterocycles. The molecule has 0 bridgehead atoms. The van der Waals surface area contributed by atoms with Gasteiger partial charge < -0.3 is 9.32 Å². The van der Waals surface area contributed by atoms with Gasteiger partial charge in [-0.1, -0.05) is 224 Å². The molecule has 2 heteroatoms. The van der Waals surface area contributed by atoms with Crippen molar-refractivity contribution < 1.29 is 4.42 Å². The Balaban J connectivity index is 0.929. The van der Waals surface area contributed by atoms with Gasteiger partial charge in [0.15, 0.2) is 0 Å². The summed E-state index contributed by atoms with van der Waals surface area (Å²) in [6.07, 6.45) is 1.76. The molecule has 0 saturated carbocycles. The molecule has 0 N–H and O–H groups in total. The van der Waals surface area contributed by atoms with E-state index >= 15 is 0 Å². The first-order chi connectivity index (χ1) is 35.7. The van der Waals surface area contributed by atoms with Crippen LogP contribution in [0.25, 0.3) is 55.5 Å². The van der Waals surface area contributed by atoms with E-state index in [1.54, 1.807) is 6.26 Å². The molecule has 0 amide bonds. The molecule has 1 heterocycles. The van der Waals surface area contributed by atoms with E-state index in [4.69, 9.17) is 4.42 Å². The number of anilines is 3. The highest BCUT2D eigenvalue weighted by molar-refractivity contribution is 5.92. The second-order valence-corrected chi connectivity index (χ2v) is 19.1. The molecule has 0 saturated heterocycles. The molecule has 0 atom stereocenters. The van der Waals surface area contributed by atoms with E-state index in [1.165, 1.54) is 72.3 Å². The normalized spacial score (nSPS) is 13.5. The predicted octanol–water partition coefficient (Wildman–Crippen LogP) is 18.0. The van der Waals surface area contributed by atoms with Gasteiger partial charge in [-0.15, -0.1) is 0 Å². The van der Waals surface area contributed by atoms with Crippen LogP contribution in [0.1, 0.15) is 44.5 Å². The number of rotatable bonds is 9. The number of nitrogens with zero attached hydrogens (tertiary/aromatic N) is 1. The number of hydrogen-bond acceptors (Lipinski definition) is 2. The molecule has 1 aromatic heterocycles. The van der Waals surface area contributed by atoms with E-state index in [0.717, 1.165) is 44.7 Å². The highest BCUT2D eigenvalue weighted by atomic mass is 16.3. The monoisotopic (exact) mass is 917 g/mol. The SMILES string of the molecule is c1ccc(C2(c3ccccc3)c3ccccc3-c3ccc(-c4ccc(N(c5ccc(-c6ccc7ccoc7c6)cc5)c5ccc6c(c5)C(c5ccccc5)(c5ccccc5)c5ccccc5-6)cc4)cc32)cc1. The van der Waals surface area contributed by atoms with Crippen LogP contribution < -0.4 is 4.90 Å². The lowest BCUT2D eigenvalue weighted by atomic mass is 9.67. The van der Waals surface area contributed by atoms with Crippen LogP contribution >= 0.6 is 0 Å². The average Bonchev–Trinajstić information content (AvgIpc) is 4.15. The summed E-state index contributed by atoms with van der Waals surface area (Å²) < 4.78 is 5.82. The van der Waals surface area contributed by atoms with Crippen molar-refractivity contribution in [1.82, 2.24) is 0 Å². The van der Waals surface area contributed by atoms with Crippen molar-refractivity contribution in [2.45, 2.75) is 10.8 Å². The zero-order valence-corrected chi connectivity index (χ0v) is 39.5. The third-order valence-corrected chi connectivity index (χ3v) is 15.5. The summed E-state index contributed by atoms with van der Waals surface area (Å²) in [6, 6.07) is 103. The summed E-state index contributed by atoms with van der Waals surface area (Å²) in [5, 5.41) is 1.10. The first-order valence-electron chi connectivity index (χ1n) is 24.9. The summed E-state index contributed by atoms with van der Waals surface area (Å²) in [5.74, 6) is 0. The molecule has 72 heavy (non-hydrogen) atoms. The minimum atomic E-state index is -0.531.